The molecule has 0 saturated carbocycles. The van der Waals surface area contributed by atoms with Crippen molar-refractivity contribution in [2.75, 3.05) is 26.2 Å². The predicted octanol–water partition coefficient (Wildman–Crippen LogP) is 1.89. The summed E-state index contributed by atoms with van der Waals surface area (Å²) in [6.45, 7) is 7.99. The molecule has 1 aromatic carbocycles. The van der Waals surface area contributed by atoms with Crippen LogP contribution in [0.15, 0.2) is 24.3 Å². The van der Waals surface area contributed by atoms with E-state index in [0.29, 0.717) is 31.9 Å². The van der Waals surface area contributed by atoms with Crippen molar-refractivity contribution in [2.24, 2.45) is 5.41 Å². The minimum absolute atomic E-state index is 0.0784. The molecule has 2 amide bonds. The number of para-hydroxylation sites is 1. The normalized spacial score (nSPS) is 16.0. The highest BCUT2D eigenvalue weighted by Crippen LogP contribution is 2.20. The molecule has 1 fully saturated rings. The molecular weight excluding hydrogens is 292 g/mol. The largest absolute Gasteiger partial charge is 0.339 e. The van der Waals surface area contributed by atoms with Crippen LogP contribution < -0.4 is 0 Å². The molecule has 1 aliphatic rings. The van der Waals surface area contributed by atoms with Gasteiger partial charge in [-0.2, -0.15) is 5.10 Å². The number of carbonyl (C=O) groups is 2. The van der Waals surface area contributed by atoms with Crippen LogP contribution in [-0.2, 0) is 4.79 Å². The molecule has 6 nitrogen and oxygen atoms in total. The smallest absolute Gasteiger partial charge is 0.275 e. The Morgan fingerprint density at radius 3 is 2.30 bits per heavy atom. The van der Waals surface area contributed by atoms with Gasteiger partial charge >= 0.3 is 0 Å². The molecule has 23 heavy (non-hydrogen) atoms. The summed E-state index contributed by atoms with van der Waals surface area (Å²) < 4.78 is 0. The average Bonchev–Trinajstić information content (AvgIpc) is 2.97. The number of aromatic nitrogens is 2. The van der Waals surface area contributed by atoms with Gasteiger partial charge in [0.2, 0.25) is 5.91 Å². The number of hydrogen-bond donors (Lipinski definition) is 1. The Morgan fingerprint density at radius 2 is 1.65 bits per heavy atom. The van der Waals surface area contributed by atoms with Crippen molar-refractivity contribution in [2.45, 2.75) is 20.8 Å². The van der Waals surface area contributed by atoms with Gasteiger partial charge in [0.1, 0.15) is 0 Å². The third-order valence-electron chi connectivity index (χ3n) is 4.17. The topological polar surface area (TPSA) is 69.3 Å². The molecule has 2 aromatic rings. The fourth-order valence-corrected chi connectivity index (χ4v) is 2.86. The Kier molecular flexibility index (Phi) is 3.83. The highest BCUT2D eigenvalue weighted by molar-refractivity contribution is 6.04. The summed E-state index contributed by atoms with van der Waals surface area (Å²) in [4.78, 5) is 28.6. The van der Waals surface area contributed by atoms with Gasteiger partial charge in [-0.3, -0.25) is 14.7 Å². The van der Waals surface area contributed by atoms with Crippen LogP contribution in [-0.4, -0.2) is 58.0 Å². The molecule has 0 atom stereocenters. The van der Waals surface area contributed by atoms with E-state index in [1.165, 1.54) is 0 Å². The zero-order chi connectivity index (χ0) is 16.6. The number of hydrogen-bond acceptors (Lipinski definition) is 3. The van der Waals surface area contributed by atoms with Gasteiger partial charge in [-0.1, -0.05) is 39.0 Å². The third-order valence-corrected chi connectivity index (χ3v) is 4.17. The van der Waals surface area contributed by atoms with Crippen LogP contribution >= 0.6 is 0 Å². The zero-order valence-electron chi connectivity index (χ0n) is 13.8. The van der Waals surface area contributed by atoms with Crippen LogP contribution in [0.1, 0.15) is 31.3 Å². The third kappa shape index (κ3) is 2.93. The van der Waals surface area contributed by atoms with Crippen molar-refractivity contribution < 1.29 is 9.59 Å². The summed E-state index contributed by atoms with van der Waals surface area (Å²) in [5, 5.41) is 7.90. The predicted molar refractivity (Wildman–Crippen MR) is 88.0 cm³/mol. The van der Waals surface area contributed by atoms with E-state index in [-0.39, 0.29) is 17.2 Å². The van der Waals surface area contributed by atoms with Gasteiger partial charge in [-0.05, 0) is 6.07 Å². The number of aromatic amines is 1. The van der Waals surface area contributed by atoms with E-state index in [1.54, 1.807) is 4.90 Å². The van der Waals surface area contributed by atoms with Crippen molar-refractivity contribution in [3.8, 4) is 0 Å². The standard InChI is InChI=1S/C17H22N4O2/c1-17(2,3)16(23)21-10-8-20(9-11-21)15(22)14-12-6-4-5-7-13(12)18-19-14/h4-7H,8-11H2,1-3H3,(H,18,19). The molecule has 0 radical (unpaired) electrons. The molecule has 3 rings (SSSR count). The van der Waals surface area contributed by atoms with E-state index in [2.05, 4.69) is 10.2 Å². The van der Waals surface area contributed by atoms with Gasteiger partial charge in [0.25, 0.3) is 5.91 Å². The number of carbonyl (C=O) groups excluding carboxylic acids is 2. The minimum Gasteiger partial charge on any atom is -0.339 e. The molecule has 122 valence electrons. The fourth-order valence-electron chi connectivity index (χ4n) is 2.86. The maximum Gasteiger partial charge on any atom is 0.275 e. The molecule has 1 aliphatic heterocycles. The van der Waals surface area contributed by atoms with Crippen molar-refractivity contribution in [3.63, 3.8) is 0 Å². The summed E-state index contributed by atoms with van der Waals surface area (Å²) in [5.41, 5.74) is 0.929. The number of nitrogens with one attached hydrogen (secondary N) is 1. The second-order valence-electron chi connectivity index (χ2n) is 6.95. The van der Waals surface area contributed by atoms with E-state index in [1.807, 2.05) is 49.9 Å². The van der Waals surface area contributed by atoms with Crippen LogP contribution in [0.2, 0.25) is 0 Å². The second kappa shape index (κ2) is 5.68. The Labute approximate surface area is 135 Å². The molecule has 0 aliphatic carbocycles. The lowest BCUT2D eigenvalue weighted by molar-refractivity contribution is -0.140. The van der Waals surface area contributed by atoms with Gasteiger partial charge in [-0.25, -0.2) is 0 Å². The van der Waals surface area contributed by atoms with E-state index in [0.717, 1.165) is 10.9 Å². The Hall–Kier alpha value is -2.37. The number of benzene rings is 1. The van der Waals surface area contributed by atoms with Crippen molar-refractivity contribution in [3.05, 3.63) is 30.0 Å². The lowest BCUT2D eigenvalue weighted by Gasteiger charge is -2.37. The summed E-state index contributed by atoms with van der Waals surface area (Å²) in [5.74, 6) is 0.0557. The first-order valence-electron chi connectivity index (χ1n) is 7.89. The number of amides is 2. The highest BCUT2D eigenvalue weighted by Gasteiger charge is 2.31. The minimum atomic E-state index is -0.384. The summed E-state index contributed by atoms with van der Waals surface area (Å²) in [6, 6.07) is 7.60. The van der Waals surface area contributed by atoms with Gasteiger partial charge in [-0.15, -0.1) is 0 Å². The number of rotatable bonds is 1. The first kappa shape index (κ1) is 15.5. The first-order chi connectivity index (χ1) is 10.9. The molecule has 0 unspecified atom stereocenters. The molecule has 1 saturated heterocycles. The monoisotopic (exact) mass is 314 g/mol. The highest BCUT2D eigenvalue weighted by atomic mass is 16.2. The zero-order valence-corrected chi connectivity index (χ0v) is 13.8. The van der Waals surface area contributed by atoms with E-state index < -0.39 is 0 Å². The summed E-state index contributed by atoms with van der Waals surface area (Å²) >= 11 is 0. The van der Waals surface area contributed by atoms with Gasteiger partial charge in [0.05, 0.1) is 5.52 Å². The van der Waals surface area contributed by atoms with Crippen LogP contribution in [0.25, 0.3) is 10.9 Å². The van der Waals surface area contributed by atoms with E-state index >= 15 is 0 Å². The first-order valence-corrected chi connectivity index (χ1v) is 7.89. The van der Waals surface area contributed by atoms with Gasteiger partial charge < -0.3 is 9.80 Å². The number of H-pyrrole nitrogens is 1. The van der Waals surface area contributed by atoms with Gasteiger partial charge in [0, 0.05) is 37.0 Å². The van der Waals surface area contributed by atoms with Crippen LogP contribution in [0.4, 0.5) is 0 Å². The van der Waals surface area contributed by atoms with Crippen molar-refractivity contribution in [1.29, 1.82) is 0 Å². The number of nitrogens with zero attached hydrogens (tertiary/aromatic N) is 3. The Balaban J connectivity index is 1.70. The Morgan fingerprint density at radius 1 is 1.04 bits per heavy atom. The molecule has 6 heteroatoms. The lowest BCUT2D eigenvalue weighted by Crippen LogP contribution is -2.53. The maximum atomic E-state index is 12.7. The molecule has 1 N–H and O–H groups in total. The SMILES string of the molecule is CC(C)(C)C(=O)N1CCN(C(=O)c2n[nH]c3ccccc23)CC1. The molecule has 0 spiro atoms. The number of piperazine rings is 1. The summed E-state index contributed by atoms with van der Waals surface area (Å²) in [7, 11) is 0. The van der Waals surface area contributed by atoms with Crippen LogP contribution in [0.3, 0.4) is 0 Å². The molecule has 2 heterocycles. The quantitative estimate of drug-likeness (QED) is 0.874. The van der Waals surface area contributed by atoms with E-state index in [4.69, 9.17) is 0 Å². The average molecular weight is 314 g/mol. The molecule has 0 bridgehead atoms. The summed E-state index contributed by atoms with van der Waals surface area (Å²) in [6.07, 6.45) is 0. The van der Waals surface area contributed by atoms with E-state index in [9.17, 15) is 9.59 Å². The molecular formula is C17H22N4O2. The van der Waals surface area contributed by atoms with Crippen molar-refractivity contribution >= 4 is 22.7 Å². The molecule has 1 aromatic heterocycles. The lowest BCUT2D eigenvalue weighted by atomic mass is 9.94. The Bertz CT molecular complexity index is 736. The van der Waals surface area contributed by atoms with Gasteiger partial charge in [0.15, 0.2) is 5.69 Å². The number of fused-ring (bicyclic) bond motifs is 1. The maximum absolute atomic E-state index is 12.7. The fraction of sp³-hybridized carbons (Fsp3) is 0.471. The van der Waals surface area contributed by atoms with Crippen LogP contribution in [0, 0.1) is 5.41 Å². The van der Waals surface area contributed by atoms with Crippen LogP contribution in [0.5, 0.6) is 0 Å². The van der Waals surface area contributed by atoms with Crippen molar-refractivity contribution in [1.82, 2.24) is 20.0 Å². The second-order valence-corrected chi connectivity index (χ2v) is 6.95.